The Morgan fingerprint density at radius 1 is 1.00 bits per heavy atom. The van der Waals surface area contributed by atoms with E-state index in [1.807, 2.05) is 6.07 Å². The molecular formula is C18H15NO6. The highest BCUT2D eigenvalue weighted by molar-refractivity contribution is 6.05. The number of ketones is 1. The second kappa shape index (κ2) is 6.01. The highest BCUT2D eigenvalue weighted by Crippen LogP contribution is 2.37. The molecule has 2 aromatic rings. The molecule has 1 atom stereocenters. The molecule has 0 radical (unpaired) electrons. The second-order valence-electron chi connectivity index (χ2n) is 5.66. The first-order chi connectivity index (χ1) is 12.1. The molecule has 0 aliphatic carbocycles. The van der Waals surface area contributed by atoms with E-state index >= 15 is 0 Å². The van der Waals surface area contributed by atoms with E-state index in [2.05, 4.69) is 5.32 Å². The maximum atomic E-state index is 12.6. The third-order valence-corrected chi connectivity index (χ3v) is 3.95. The van der Waals surface area contributed by atoms with Gasteiger partial charge in [0.2, 0.25) is 12.9 Å². The number of hydrogen-bond acceptors (Lipinski definition) is 6. The van der Waals surface area contributed by atoms with Gasteiger partial charge in [-0.1, -0.05) is 12.1 Å². The van der Waals surface area contributed by atoms with Crippen molar-refractivity contribution < 1.29 is 28.5 Å². The molecule has 7 nitrogen and oxygen atoms in total. The van der Waals surface area contributed by atoms with Crippen molar-refractivity contribution in [3.05, 3.63) is 42.0 Å². The average Bonchev–Trinajstić information content (AvgIpc) is 3.07. The molecule has 1 amide bonds. The SMILES string of the molecule is CC(=O)c1cc2c(cc1NC(=O)[C@@H]1COc3ccccc3O1)OCO2. The number of rotatable bonds is 3. The van der Waals surface area contributed by atoms with E-state index in [1.54, 1.807) is 30.3 Å². The Morgan fingerprint density at radius 3 is 2.48 bits per heavy atom. The fourth-order valence-corrected chi connectivity index (χ4v) is 2.70. The van der Waals surface area contributed by atoms with Gasteiger partial charge >= 0.3 is 0 Å². The summed E-state index contributed by atoms with van der Waals surface area (Å²) in [5.74, 6) is 1.46. The fourth-order valence-electron chi connectivity index (χ4n) is 2.70. The van der Waals surface area contributed by atoms with Gasteiger partial charge in [-0.3, -0.25) is 9.59 Å². The van der Waals surface area contributed by atoms with Crippen molar-refractivity contribution in [1.29, 1.82) is 0 Å². The van der Waals surface area contributed by atoms with E-state index in [0.29, 0.717) is 34.2 Å². The Bertz CT molecular complexity index is 863. The highest BCUT2D eigenvalue weighted by Gasteiger charge is 2.29. The third kappa shape index (κ3) is 2.84. The first-order valence-electron chi connectivity index (χ1n) is 7.76. The van der Waals surface area contributed by atoms with Crippen LogP contribution in [0.5, 0.6) is 23.0 Å². The van der Waals surface area contributed by atoms with Gasteiger partial charge in [0.15, 0.2) is 28.8 Å². The van der Waals surface area contributed by atoms with Crippen LogP contribution in [0.15, 0.2) is 36.4 Å². The Morgan fingerprint density at radius 2 is 1.72 bits per heavy atom. The number of anilines is 1. The number of carbonyl (C=O) groups excluding carboxylic acids is 2. The van der Waals surface area contributed by atoms with Gasteiger partial charge in [0, 0.05) is 11.6 Å². The topological polar surface area (TPSA) is 83.1 Å². The summed E-state index contributed by atoms with van der Waals surface area (Å²) in [7, 11) is 0. The maximum Gasteiger partial charge on any atom is 0.269 e. The van der Waals surface area contributed by atoms with E-state index in [-0.39, 0.29) is 19.2 Å². The number of amides is 1. The molecule has 0 saturated heterocycles. The summed E-state index contributed by atoms with van der Waals surface area (Å²) in [6, 6.07) is 10.3. The zero-order valence-corrected chi connectivity index (χ0v) is 13.4. The predicted octanol–water partition coefficient (Wildman–Crippen LogP) is 2.40. The smallest absolute Gasteiger partial charge is 0.269 e. The molecule has 7 heteroatoms. The highest BCUT2D eigenvalue weighted by atomic mass is 16.7. The van der Waals surface area contributed by atoms with Gasteiger partial charge in [-0.2, -0.15) is 0 Å². The molecule has 2 aromatic carbocycles. The van der Waals surface area contributed by atoms with E-state index < -0.39 is 12.0 Å². The van der Waals surface area contributed by atoms with Crippen LogP contribution in [-0.4, -0.2) is 31.2 Å². The van der Waals surface area contributed by atoms with E-state index in [4.69, 9.17) is 18.9 Å². The van der Waals surface area contributed by atoms with Crippen LogP contribution in [0.3, 0.4) is 0 Å². The number of para-hydroxylation sites is 2. The standard InChI is InChI=1S/C18H15NO6/c1-10(20)11-6-15-16(24-9-23-15)7-12(11)19-18(21)17-8-22-13-4-2-3-5-14(13)25-17/h2-7,17H,8-9H2,1H3,(H,19,21)/t17-/m0/s1. The van der Waals surface area contributed by atoms with Gasteiger partial charge in [-0.25, -0.2) is 0 Å². The number of nitrogens with one attached hydrogen (secondary N) is 1. The van der Waals surface area contributed by atoms with Crippen molar-refractivity contribution in [2.75, 3.05) is 18.7 Å². The maximum absolute atomic E-state index is 12.6. The first-order valence-corrected chi connectivity index (χ1v) is 7.76. The van der Waals surface area contributed by atoms with Crippen LogP contribution in [0.25, 0.3) is 0 Å². The molecule has 0 bridgehead atoms. The number of carbonyl (C=O) groups is 2. The first kappa shape index (κ1) is 15.3. The number of ether oxygens (including phenoxy) is 4. The van der Waals surface area contributed by atoms with E-state index in [1.165, 1.54) is 6.92 Å². The van der Waals surface area contributed by atoms with Gasteiger partial charge < -0.3 is 24.3 Å². The molecule has 0 saturated carbocycles. The minimum absolute atomic E-state index is 0.0838. The van der Waals surface area contributed by atoms with Crippen molar-refractivity contribution in [2.45, 2.75) is 13.0 Å². The molecule has 4 rings (SSSR count). The predicted molar refractivity (Wildman–Crippen MR) is 87.6 cm³/mol. The van der Waals surface area contributed by atoms with Crippen molar-refractivity contribution in [2.24, 2.45) is 0 Å². The van der Waals surface area contributed by atoms with Crippen molar-refractivity contribution in [1.82, 2.24) is 0 Å². The van der Waals surface area contributed by atoms with Gasteiger partial charge in [0.1, 0.15) is 6.61 Å². The Kier molecular flexibility index (Phi) is 3.68. The van der Waals surface area contributed by atoms with Gasteiger partial charge in [0.05, 0.1) is 5.69 Å². The molecule has 2 heterocycles. The molecule has 0 aromatic heterocycles. The molecular weight excluding hydrogens is 326 g/mol. The molecule has 2 aliphatic heterocycles. The summed E-state index contributed by atoms with van der Waals surface area (Å²) < 4.78 is 21.8. The van der Waals surface area contributed by atoms with Crippen LogP contribution in [0.2, 0.25) is 0 Å². The molecule has 1 N–H and O–H groups in total. The summed E-state index contributed by atoms with van der Waals surface area (Å²) in [5, 5.41) is 2.72. The van der Waals surface area contributed by atoms with Crippen LogP contribution in [0.1, 0.15) is 17.3 Å². The monoisotopic (exact) mass is 341 g/mol. The minimum atomic E-state index is -0.819. The molecule has 0 fully saturated rings. The summed E-state index contributed by atoms with van der Waals surface area (Å²) >= 11 is 0. The quantitative estimate of drug-likeness (QED) is 0.863. The fraction of sp³-hybridized carbons (Fsp3) is 0.222. The van der Waals surface area contributed by atoms with Gasteiger partial charge in [-0.15, -0.1) is 0 Å². The lowest BCUT2D eigenvalue weighted by Crippen LogP contribution is -2.40. The number of fused-ring (bicyclic) bond motifs is 2. The number of benzene rings is 2. The molecule has 2 aliphatic rings. The Balaban J connectivity index is 1.56. The van der Waals surface area contributed by atoms with Crippen LogP contribution in [0.4, 0.5) is 5.69 Å². The summed E-state index contributed by atoms with van der Waals surface area (Å²) in [6.45, 7) is 1.59. The van der Waals surface area contributed by atoms with Gasteiger partial charge in [0.25, 0.3) is 5.91 Å². The number of Topliss-reactive ketones (excluding diaryl/α,β-unsaturated/α-hetero) is 1. The lowest BCUT2D eigenvalue weighted by atomic mass is 10.1. The average molecular weight is 341 g/mol. The normalized spacial score (nSPS) is 17.1. The van der Waals surface area contributed by atoms with Crippen LogP contribution in [-0.2, 0) is 4.79 Å². The Hall–Kier alpha value is -3.22. The molecule has 0 spiro atoms. The summed E-state index contributed by atoms with van der Waals surface area (Å²) in [6.07, 6.45) is -0.819. The zero-order chi connectivity index (χ0) is 17.4. The van der Waals surface area contributed by atoms with Crippen LogP contribution >= 0.6 is 0 Å². The minimum Gasteiger partial charge on any atom is -0.485 e. The van der Waals surface area contributed by atoms with Crippen molar-refractivity contribution >= 4 is 17.4 Å². The summed E-state index contributed by atoms with van der Waals surface area (Å²) in [4.78, 5) is 24.4. The summed E-state index contributed by atoms with van der Waals surface area (Å²) in [5.41, 5.74) is 0.693. The van der Waals surface area contributed by atoms with Crippen molar-refractivity contribution in [3.63, 3.8) is 0 Å². The second-order valence-corrected chi connectivity index (χ2v) is 5.66. The molecule has 128 valence electrons. The van der Waals surface area contributed by atoms with Crippen LogP contribution < -0.4 is 24.3 Å². The Labute approximate surface area is 143 Å². The molecule has 25 heavy (non-hydrogen) atoms. The molecule has 0 unspecified atom stereocenters. The number of hydrogen-bond donors (Lipinski definition) is 1. The lowest BCUT2D eigenvalue weighted by Gasteiger charge is -2.25. The lowest BCUT2D eigenvalue weighted by molar-refractivity contribution is -0.125. The third-order valence-electron chi connectivity index (χ3n) is 3.95. The largest absolute Gasteiger partial charge is 0.485 e. The van der Waals surface area contributed by atoms with E-state index in [0.717, 1.165) is 0 Å². The van der Waals surface area contributed by atoms with Crippen LogP contribution in [0, 0.1) is 0 Å². The van der Waals surface area contributed by atoms with E-state index in [9.17, 15) is 9.59 Å². The van der Waals surface area contributed by atoms with Crippen molar-refractivity contribution in [3.8, 4) is 23.0 Å². The zero-order valence-electron chi connectivity index (χ0n) is 13.4. The van der Waals surface area contributed by atoms with Gasteiger partial charge in [-0.05, 0) is 25.1 Å².